The summed E-state index contributed by atoms with van der Waals surface area (Å²) in [5.41, 5.74) is 1.61. The van der Waals surface area contributed by atoms with Gasteiger partial charge in [-0.3, -0.25) is 10.1 Å². The molecule has 0 atom stereocenters. The summed E-state index contributed by atoms with van der Waals surface area (Å²) in [6.45, 7) is 3.85. The molecule has 1 aliphatic rings. The molecule has 0 radical (unpaired) electrons. The van der Waals surface area contributed by atoms with Crippen molar-refractivity contribution in [1.82, 2.24) is 20.6 Å². The molecule has 0 unspecified atom stereocenters. The quantitative estimate of drug-likeness (QED) is 0.631. The highest BCUT2D eigenvalue weighted by molar-refractivity contribution is 5.92. The lowest BCUT2D eigenvalue weighted by Crippen LogP contribution is -2.35. The number of rotatable bonds is 6. The van der Waals surface area contributed by atoms with E-state index in [0.29, 0.717) is 24.0 Å². The maximum atomic E-state index is 14.4. The number of hydrogen-bond donors (Lipinski definition) is 3. The van der Waals surface area contributed by atoms with Crippen LogP contribution in [0.15, 0.2) is 30.5 Å². The van der Waals surface area contributed by atoms with Gasteiger partial charge in [0.15, 0.2) is 0 Å². The maximum absolute atomic E-state index is 14.4. The monoisotopic (exact) mass is 414 g/mol. The Morgan fingerprint density at radius 3 is 2.67 bits per heavy atom. The van der Waals surface area contributed by atoms with Gasteiger partial charge in [0.05, 0.1) is 5.69 Å². The maximum Gasteiger partial charge on any atom is 0.320 e. The number of carbonyl (C=O) groups excluding carboxylic acids is 2. The Morgan fingerprint density at radius 2 is 2.00 bits per heavy atom. The van der Waals surface area contributed by atoms with Crippen LogP contribution in [0.3, 0.4) is 0 Å². The molecule has 3 N–H and O–H groups in total. The van der Waals surface area contributed by atoms with Crippen molar-refractivity contribution >= 4 is 23.4 Å². The number of amides is 3. The van der Waals surface area contributed by atoms with Crippen LogP contribution in [0.5, 0.6) is 0 Å². The van der Waals surface area contributed by atoms with Gasteiger partial charge in [0.2, 0.25) is 5.95 Å². The summed E-state index contributed by atoms with van der Waals surface area (Å²) in [7, 11) is 1.49. The van der Waals surface area contributed by atoms with E-state index in [0.717, 1.165) is 37.9 Å². The van der Waals surface area contributed by atoms with Crippen molar-refractivity contribution in [1.29, 1.82) is 0 Å². The SMILES string of the molecule is CCNC(=O)Nc1cc(CC2CCN(c3ccc(C(=O)NC)nc3F)CC2)ccn1. The molecule has 2 aromatic heterocycles. The summed E-state index contributed by atoms with van der Waals surface area (Å²) in [5.74, 6) is -0.0373. The molecule has 1 aliphatic heterocycles. The molecule has 8 nitrogen and oxygen atoms in total. The third-order valence-electron chi connectivity index (χ3n) is 5.17. The Kier molecular flexibility index (Phi) is 7.16. The predicted octanol–water partition coefficient (Wildman–Crippen LogP) is 2.58. The van der Waals surface area contributed by atoms with Gasteiger partial charge in [-0.25, -0.2) is 14.8 Å². The number of nitrogens with zero attached hydrogens (tertiary/aromatic N) is 3. The van der Waals surface area contributed by atoms with E-state index in [2.05, 4.69) is 25.9 Å². The fourth-order valence-corrected chi connectivity index (χ4v) is 3.62. The second kappa shape index (κ2) is 10.00. The number of hydrogen-bond acceptors (Lipinski definition) is 5. The first-order valence-corrected chi connectivity index (χ1v) is 10.1. The molecule has 3 rings (SSSR count). The first-order chi connectivity index (χ1) is 14.5. The van der Waals surface area contributed by atoms with Gasteiger partial charge in [-0.15, -0.1) is 0 Å². The predicted molar refractivity (Wildman–Crippen MR) is 113 cm³/mol. The Balaban J connectivity index is 1.56. The molecule has 0 aliphatic carbocycles. The lowest BCUT2D eigenvalue weighted by molar-refractivity contribution is 0.0957. The van der Waals surface area contributed by atoms with Crippen molar-refractivity contribution in [3.63, 3.8) is 0 Å². The fraction of sp³-hybridized carbons (Fsp3) is 0.429. The van der Waals surface area contributed by atoms with E-state index in [1.807, 2.05) is 24.0 Å². The van der Waals surface area contributed by atoms with Gasteiger partial charge in [-0.1, -0.05) is 0 Å². The highest BCUT2D eigenvalue weighted by atomic mass is 19.1. The Morgan fingerprint density at radius 1 is 1.23 bits per heavy atom. The smallest absolute Gasteiger partial charge is 0.320 e. The Bertz CT molecular complexity index is 899. The largest absolute Gasteiger partial charge is 0.368 e. The number of aromatic nitrogens is 2. The lowest BCUT2D eigenvalue weighted by Gasteiger charge is -2.33. The van der Waals surface area contributed by atoms with Crippen LogP contribution in [-0.2, 0) is 6.42 Å². The average molecular weight is 414 g/mol. The molecular formula is C21H27FN6O2. The van der Waals surface area contributed by atoms with Crippen LogP contribution >= 0.6 is 0 Å². The van der Waals surface area contributed by atoms with Crippen LogP contribution in [0, 0.1) is 11.9 Å². The van der Waals surface area contributed by atoms with Crippen LogP contribution in [-0.4, -0.2) is 48.6 Å². The third kappa shape index (κ3) is 5.43. The number of nitrogens with one attached hydrogen (secondary N) is 3. The van der Waals surface area contributed by atoms with Gasteiger partial charge >= 0.3 is 6.03 Å². The summed E-state index contributed by atoms with van der Waals surface area (Å²) >= 11 is 0. The first-order valence-electron chi connectivity index (χ1n) is 10.1. The molecule has 0 spiro atoms. The third-order valence-corrected chi connectivity index (χ3v) is 5.17. The Labute approximate surface area is 175 Å². The van der Waals surface area contributed by atoms with Gasteiger partial charge in [0.25, 0.3) is 5.91 Å². The van der Waals surface area contributed by atoms with Gasteiger partial charge < -0.3 is 15.5 Å². The molecule has 0 aromatic carbocycles. The van der Waals surface area contributed by atoms with Crippen molar-refractivity contribution in [3.8, 4) is 0 Å². The van der Waals surface area contributed by atoms with Gasteiger partial charge in [-0.2, -0.15) is 4.39 Å². The van der Waals surface area contributed by atoms with Gasteiger partial charge in [-0.05, 0) is 61.9 Å². The van der Waals surface area contributed by atoms with Crippen molar-refractivity contribution in [2.75, 3.05) is 36.9 Å². The second-order valence-electron chi connectivity index (χ2n) is 7.25. The molecule has 3 amide bonds. The molecular weight excluding hydrogens is 387 g/mol. The van der Waals surface area contributed by atoms with Crippen molar-refractivity contribution < 1.29 is 14.0 Å². The molecule has 0 bridgehead atoms. The van der Waals surface area contributed by atoms with Crippen molar-refractivity contribution in [2.24, 2.45) is 5.92 Å². The Hall–Kier alpha value is -3.23. The normalized spacial score (nSPS) is 14.3. The fourth-order valence-electron chi connectivity index (χ4n) is 3.62. The van der Waals surface area contributed by atoms with E-state index in [9.17, 15) is 14.0 Å². The number of halogens is 1. The summed E-state index contributed by atoms with van der Waals surface area (Å²) in [6.07, 6.45) is 4.40. The van der Waals surface area contributed by atoms with E-state index in [1.54, 1.807) is 18.3 Å². The molecule has 0 saturated carbocycles. The van der Waals surface area contributed by atoms with E-state index < -0.39 is 11.9 Å². The van der Waals surface area contributed by atoms with Crippen LogP contribution in [0.25, 0.3) is 0 Å². The van der Waals surface area contributed by atoms with E-state index >= 15 is 0 Å². The van der Waals surface area contributed by atoms with E-state index in [-0.39, 0.29) is 11.7 Å². The zero-order valence-corrected chi connectivity index (χ0v) is 17.2. The molecule has 9 heteroatoms. The van der Waals surface area contributed by atoms with Gasteiger partial charge in [0.1, 0.15) is 11.5 Å². The minimum atomic E-state index is -0.621. The minimum absolute atomic E-state index is 0.0726. The molecule has 1 fully saturated rings. The molecule has 30 heavy (non-hydrogen) atoms. The zero-order valence-electron chi connectivity index (χ0n) is 17.2. The average Bonchev–Trinajstić information content (AvgIpc) is 2.74. The summed E-state index contributed by atoms with van der Waals surface area (Å²) in [5, 5.41) is 7.85. The summed E-state index contributed by atoms with van der Waals surface area (Å²) < 4.78 is 14.4. The number of carbonyl (C=O) groups is 2. The van der Waals surface area contributed by atoms with E-state index in [1.165, 1.54) is 7.05 Å². The number of urea groups is 1. The molecule has 3 heterocycles. The standard InChI is InChI=1S/C21H27FN6O2/c1-3-24-21(30)27-18-13-15(6-9-25-18)12-14-7-10-28(11-8-14)17-5-4-16(20(29)23-2)26-19(17)22/h4-6,9,13-14H,3,7-8,10-12H2,1-2H3,(H,23,29)(H2,24,25,27,30). The second-order valence-corrected chi connectivity index (χ2v) is 7.25. The number of piperidine rings is 1. The summed E-state index contributed by atoms with van der Waals surface area (Å²) in [6, 6.07) is 6.74. The number of pyridine rings is 2. The summed E-state index contributed by atoms with van der Waals surface area (Å²) in [4.78, 5) is 33.2. The number of anilines is 2. The van der Waals surface area contributed by atoms with Crippen molar-refractivity contribution in [2.45, 2.75) is 26.2 Å². The highest BCUT2D eigenvalue weighted by Gasteiger charge is 2.23. The van der Waals surface area contributed by atoms with Crippen LogP contribution < -0.4 is 20.9 Å². The minimum Gasteiger partial charge on any atom is -0.368 e. The first kappa shape index (κ1) is 21.5. The molecule has 2 aromatic rings. The van der Waals surface area contributed by atoms with Gasteiger partial charge in [0, 0.05) is 32.9 Å². The van der Waals surface area contributed by atoms with Crippen LogP contribution in [0.2, 0.25) is 0 Å². The zero-order chi connectivity index (χ0) is 21.5. The topological polar surface area (TPSA) is 99.2 Å². The van der Waals surface area contributed by atoms with E-state index in [4.69, 9.17) is 0 Å². The molecule has 1 saturated heterocycles. The molecule has 160 valence electrons. The highest BCUT2D eigenvalue weighted by Crippen LogP contribution is 2.27. The van der Waals surface area contributed by atoms with Crippen molar-refractivity contribution in [3.05, 3.63) is 47.7 Å². The van der Waals surface area contributed by atoms with Crippen LogP contribution in [0.1, 0.15) is 35.8 Å². The lowest BCUT2D eigenvalue weighted by atomic mass is 9.90. The van der Waals surface area contributed by atoms with Crippen LogP contribution in [0.4, 0.5) is 20.7 Å².